The Bertz CT molecular complexity index is 381. The second-order valence-corrected chi connectivity index (χ2v) is 6.47. The summed E-state index contributed by atoms with van der Waals surface area (Å²) in [7, 11) is 1.69. The molecule has 1 rings (SSSR count). The highest BCUT2D eigenvalue weighted by Crippen LogP contribution is 2.21. The van der Waals surface area contributed by atoms with Gasteiger partial charge in [-0.3, -0.25) is 0 Å². The van der Waals surface area contributed by atoms with E-state index in [1.165, 1.54) is 18.4 Å². The summed E-state index contributed by atoms with van der Waals surface area (Å²) in [4.78, 5) is 0. The molecule has 120 valence electrons. The zero-order valence-corrected chi connectivity index (χ0v) is 14.2. The van der Waals surface area contributed by atoms with Crippen molar-refractivity contribution in [2.75, 3.05) is 20.3 Å². The Morgan fingerprint density at radius 3 is 2.29 bits per heavy atom. The quantitative estimate of drug-likeness (QED) is 0.687. The van der Waals surface area contributed by atoms with Gasteiger partial charge in [-0.2, -0.15) is 0 Å². The third-order valence-electron chi connectivity index (χ3n) is 3.37. The highest BCUT2D eigenvalue weighted by Gasteiger charge is 2.16. The number of unbranched alkanes of at least 4 members (excludes halogenated alkanes) is 2. The van der Waals surface area contributed by atoms with Crippen LogP contribution in [-0.2, 0) is 4.74 Å². The maximum atomic E-state index is 6.10. The van der Waals surface area contributed by atoms with Gasteiger partial charge in [0.2, 0.25) is 0 Å². The predicted molar refractivity (Wildman–Crippen MR) is 89.0 cm³/mol. The van der Waals surface area contributed by atoms with E-state index in [0.717, 1.165) is 25.3 Å². The van der Waals surface area contributed by atoms with Crippen molar-refractivity contribution in [3.8, 4) is 5.75 Å². The van der Waals surface area contributed by atoms with Gasteiger partial charge in [0.05, 0.1) is 13.2 Å². The number of benzene rings is 1. The van der Waals surface area contributed by atoms with Crippen molar-refractivity contribution in [1.82, 2.24) is 5.32 Å². The van der Waals surface area contributed by atoms with Crippen molar-refractivity contribution >= 4 is 0 Å². The molecule has 0 radical (unpaired) electrons. The molecule has 0 spiro atoms. The smallest absolute Gasteiger partial charge is 0.118 e. The van der Waals surface area contributed by atoms with E-state index in [9.17, 15) is 0 Å². The van der Waals surface area contributed by atoms with Crippen LogP contribution in [0.25, 0.3) is 0 Å². The van der Waals surface area contributed by atoms with Gasteiger partial charge in [0.1, 0.15) is 5.75 Å². The SMILES string of the molecule is CCCCCOC(CNC(C)(C)C)c1ccc(OC)cc1. The minimum Gasteiger partial charge on any atom is -0.497 e. The highest BCUT2D eigenvalue weighted by molar-refractivity contribution is 5.28. The molecule has 1 aromatic carbocycles. The van der Waals surface area contributed by atoms with Gasteiger partial charge in [0, 0.05) is 18.7 Å². The van der Waals surface area contributed by atoms with Crippen LogP contribution in [0.4, 0.5) is 0 Å². The Labute approximate surface area is 130 Å². The summed E-state index contributed by atoms with van der Waals surface area (Å²) in [5.41, 5.74) is 1.29. The molecule has 3 nitrogen and oxygen atoms in total. The lowest BCUT2D eigenvalue weighted by molar-refractivity contribution is 0.0458. The molecule has 1 unspecified atom stereocenters. The van der Waals surface area contributed by atoms with Crippen molar-refractivity contribution < 1.29 is 9.47 Å². The van der Waals surface area contributed by atoms with Crippen molar-refractivity contribution in [3.63, 3.8) is 0 Å². The summed E-state index contributed by atoms with van der Waals surface area (Å²) in [5, 5.41) is 3.53. The van der Waals surface area contributed by atoms with Crippen LogP contribution in [0.15, 0.2) is 24.3 Å². The molecule has 0 aliphatic heterocycles. The van der Waals surface area contributed by atoms with Gasteiger partial charge in [-0.05, 0) is 44.9 Å². The summed E-state index contributed by atoms with van der Waals surface area (Å²) in [6.07, 6.45) is 3.66. The lowest BCUT2D eigenvalue weighted by Gasteiger charge is -2.26. The number of hydrogen-bond donors (Lipinski definition) is 1. The van der Waals surface area contributed by atoms with E-state index >= 15 is 0 Å². The van der Waals surface area contributed by atoms with Crippen molar-refractivity contribution in [2.24, 2.45) is 0 Å². The zero-order chi connectivity index (χ0) is 15.7. The molecule has 1 aromatic rings. The molecule has 0 amide bonds. The summed E-state index contributed by atoms with van der Waals surface area (Å²) < 4.78 is 11.3. The highest BCUT2D eigenvalue weighted by atomic mass is 16.5. The molecule has 1 atom stereocenters. The normalized spacial score (nSPS) is 13.2. The van der Waals surface area contributed by atoms with Gasteiger partial charge in [-0.15, -0.1) is 0 Å². The molecule has 0 saturated carbocycles. The second kappa shape index (κ2) is 9.06. The van der Waals surface area contributed by atoms with Crippen LogP contribution in [-0.4, -0.2) is 25.8 Å². The standard InChI is InChI=1S/C18H31NO2/c1-6-7-8-13-21-17(14-19-18(2,3)4)15-9-11-16(20-5)12-10-15/h9-12,17,19H,6-8,13-14H2,1-5H3. The third kappa shape index (κ3) is 7.49. The number of methoxy groups -OCH3 is 1. The van der Waals surface area contributed by atoms with E-state index in [2.05, 4.69) is 45.1 Å². The maximum Gasteiger partial charge on any atom is 0.118 e. The first kappa shape index (κ1) is 18.0. The molecule has 3 heteroatoms. The lowest BCUT2D eigenvalue weighted by atomic mass is 10.1. The molecular weight excluding hydrogens is 262 g/mol. The Hall–Kier alpha value is -1.06. The van der Waals surface area contributed by atoms with Crippen molar-refractivity contribution in [2.45, 2.75) is 58.6 Å². The number of hydrogen-bond acceptors (Lipinski definition) is 3. The minimum absolute atomic E-state index is 0.0898. The lowest BCUT2D eigenvalue weighted by Crippen LogP contribution is -2.39. The molecule has 0 aliphatic rings. The van der Waals surface area contributed by atoms with Gasteiger partial charge in [-0.25, -0.2) is 0 Å². The molecule has 1 N–H and O–H groups in total. The molecule has 0 aliphatic carbocycles. The Balaban J connectivity index is 2.64. The summed E-state index contributed by atoms with van der Waals surface area (Å²) in [5.74, 6) is 0.882. The van der Waals surface area contributed by atoms with E-state index < -0.39 is 0 Å². The average molecular weight is 293 g/mol. The molecule has 0 fully saturated rings. The van der Waals surface area contributed by atoms with Crippen LogP contribution < -0.4 is 10.1 Å². The van der Waals surface area contributed by atoms with Gasteiger partial charge in [-0.1, -0.05) is 31.9 Å². The molecule has 0 bridgehead atoms. The maximum absolute atomic E-state index is 6.10. The van der Waals surface area contributed by atoms with Gasteiger partial charge in [0.25, 0.3) is 0 Å². The Kier molecular flexibility index (Phi) is 7.76. The second-order valence-electron chi connectivity index (χ2n) is 6.47. The Morgan fingerprint density at radius 1 is 1.10 bits per heavy atom. The first-order valence-electron chi connectivity index (χ1n) is 7.97. The van der Waals surface area contributed by atoms with Crippen LogP contribution in [0, 0.1) is 0 Å². The zero-order valence-electron chi connectivity index (χ0n) is 14.2. The van der Waals surface area contributed by atoms with Crippen LogP contribution in [0.3, 0.4) is 0 Å². The molecular formula is C18H31NO2. The molecule has 0 saturated heterocycles. The summed E-state index contributed by atoms with van der Waals surface area (Å²) in [6, 6.07) is 8.17. The number of ether oxygens (including phenoxy) is 2. The van der Waals surface area contributed by atoms with E-state index in [-0.39, 0.29) is 11.6 Å². The van der Waals surface area contributed by atoms with Crippen molar-refractivity contribution in [1.29, 1.82) is 0 Å². The van der Waals surface area contributed by atoms with Crippen LogP contribution in [0.1, 0.15) is 58.6 Å². The fourth-order valence-corrected chi connectivity index (χ4v) is 2.07. The van der Waals surface area contributed by atoms with E-state index in [1.807, 2.05) is 12.1 Å². The number of nitrogens with one attached hydrogen (secondary N) is 1. The van der Waals surface area contributed by atoms with Crippen molar-refractivity contribution in [3.05, 3.63) is 29.8 Å². The Morgan fingerprint density at radius 2 is 1.76 bits per heavy atom. The largest absolute Gasteiger partial charge is 0.497 e. The van der Waals surface area contributed by atoms with Crippen LogP contribution in [0.2, 0.25) is 0 Å². The predicted octanol–water partition coefficient (Wildman–Crippen LogP) is 4.33. The van der Waals surface area contributed by atoms with Gasteiger partial charge < -0.3 is 14.8 Å². The fraction of sp³-hybridized carbons (Fsp3) is 0.667. The summed E-state index contributed by atoms with van der Waals surface area (Å²) >= 11 is 0. The topological polar surface area (TPSA) is 30.5 Å². The average Bonchev–Trinajstić information content (AvgIpc) is 2.46. The van der Waals surface area contributed by atoms with E-state index in [1.54, 1.807) is 7.11 Å². The monoisotopic (exact) mass is 293 g/mol. The number of rotatable bonds is 9. The van der Waals surface area contributed by atoms with Gasteiger partial charge in [0.15, 0.2) is 0 Å². The van der Waals surface area contributed by atoms with E-state index in [4.69, 9.17) is 9.47 Å². The molecule has 0 aromatic heterocycles. The van der Waals surface area contributed by atoms with E-state index in [0.29, 0.717) is 0 Å². The summed E-state index contributed by atoms with van der Waals surface area (Å²) in [6.45, 7) is 10.4. The third-order valence-corrected chi connectivity index (χ3v) is 3.37. The minimum atomic E-state index is 0.0898. The first-order chi connectivity index (χ1) is 9.96. The first-order valence-corrected chi connectivity index (χ1v) is 7.97. The molecule has 0 heterocycles. The van der Waals surface area contributed by atoms with Crippen LogP contribution in [0.5, 0.6) is 5.75 Å². The van der Waals surface area contributed by atoms with Crippen LogP contribution >= 0.6 is 0 Å². The fourth-order valence-electron chi connectivity index (χ4n) is 2.07. The molecule has 21 heavy (non-hydrogen) atoms. The van der Waals surface area contributed by atoms with Gasteiger partial charge >= 0.3 is 0 Å².